The molecule has 2 aromatic rings. The van der Waals surface area contributed by atoms with Crippen LogP contribution in [0.25, 0.3) is 11.4 Å². The van der Waals surface area contributed by atoms with Crippen LogP contribution < -0.4 is 5.32 Å². The third-order valence-corrected chi connectivity index (χ3v) is 2.85. The molecule has 0 aliphatic rings. The molecular weight excluding hydrogens is 268 g/mol. The number of benzene rings is 1. The van der Waals surface area contributed by atoms with Gasteiger partial charge in [-0.1, -0.05) is 38.1 Å². The van der Waals surface area contributed by atoms with Crippen molar-refractivity contribution in [2.45, 2.75) is 26.2 Å². The molecule has 0 radical (unpaired) electrons. The molecule has 0 atom stereocenters. The van der Waals surface area contributed by atoms with Crippen LogP contribution in [-0.2, 0) is 5.41 Å². The lowest BCUT2D eigenvalue weighted by Gasteiger charge is -2.12. The van der Waals surface area contributed by atoms with E-state index in [0.717, 1.165) is 5.56 Å². The van der Waals surface area contributed by atoms with Crippen LogP contribution in [0.4, 0.5) is 10.5 Å². The molecule has 1 heterocycles. The Morgan fingerprint density at radius 3 is 2.57 bits per heavy atom. The van der Waals surface area contributed by atoms with Gasteiger partial charge in [-0.25, -0.2) is 4.79 Å². The van der Waals surface area contributed by atoms with Crippen LogP contribution in [0, 0.1) is 0 Å². The van der Waals surface area contributed by atoms with E-state index >= 15 is 0 Å². The van der Waals surface area contributed by atoms with E-state index in [1.54, 1.807) is 14.1 Å². The quantitative estimate of drug-likeness (QED) is 0.921. The third-order valence-electron chi connectivity index (χ3n) is 2.85. The fourth-order valence-electron chi connectivity index (χ4n) is 1.62. The topological polar surface area (TPSA) is 71.3 Å². The lowest BCUT2D eigenvalue weighted by molar-refractivity contribution is 0.230. The maximum atomic E-state index is 11.7. The number of anilines is 1. The summed E-state index contributed by atoms with van der Waals surface area (Å²) in [5, 5.41) is 6.79. The van der Waals surface area contributed by atoms with Gasteiger partial charge in [0, 0.05) is 30.8 Å². The number of hydrogen-bond acceptors (Lipinski definition) is 4. The van der Waals surface area contributed by atoms with Gasteiger partial charge >= 0.3 is 6.03 Å². The Morgan fingerprint density at radius 1 is 1.29 bits per heavy atom. The van der Waals surface area contributed by atoms with E-state index in [1.165, 1.54) is 4.90 Å². The molecule has 2 rings (SSSR count). The normalized spacial score (nSPS) is 11.3. The Kier molecular flexibility index (Phi) is 3.97. The van der Waals surface area contributed by atoms with E-state index < -0.39 is 0 Å². The average Bonchev–Trinajstić information content (AvgIpc) is 2.88. The summed E-state index contributed by atoms with van der Waals surface area (Å²) >= 11 is 0. The maximum Gasteiger partial charge on any atom is 0.321 e. The average molecular weight is 288 g/mol. The molecule has 0 saturated heterocycles. The minimum absolute atomic E-state index is 0.185. The molecule has 0 bridgehead atoms. The van der Waals surface area contributed by atoms with Gasteiger partial charge < -0.3 is 14.7 Å². The fourth-order valence-corrected chi connectivity index (χ4v) is 1.62. The molecule has 6 heteroatoms. The molecule has 0 aliphatic carbocycles. The number of nitrogens with zero attached hydrogens (tertiary/aromatic N) is 3. The van der Waals surface area contributed by atoms with Gasteiger partial charge in [0.25, 0.3) is 0 Å². The van der Waals surface area contributed by atoms with Gasteiger partial charge in [0.2, 0.25) is 11.7 Å². The summed E-state index contributed by atoms with van der Waals surface area (Å²) in [6.07, 6.45) is 0. The summed E-state index contributed by atoms with van der Waals surface area (Å²) < 4.78 is 5.29. The summed E-state index contributed by atoms with van der Waals surface area (Å²) in [7, 11) is 3.38. The standard InChI is InChI=1S/C15H20N4O2/c1-15(2,3)13-17-12(18-21-13)10-7-6-8-11(9-10)16-14(20)19(4)5/h6-9H,1-5H3,(H,16,20). The van der Waals surface area contributed by atoms with Crippen molar-refractivity contribution in [2.75, 3.05) is 19.4 Å². The SMILES string of the molecule is CN(C)C(=O)Nc1cccc(-c2noc(C(C)(C)C)n2)c1. The minimum Gasteiger partial charge on any atom is -0.338 e. The second kappa shape index (κ2) is 5.55. The van der Waals surface area contributed by atoms with Gasteiger partial charge in [-0.2, -0.15) is 4.98 Å². The molecule has 0 saturated carbocycles. The van der Waals surface area contributed by atoms with E-state index in [9.17, 15) is 4.79 Å². The summed E-state index contributed by atoms with van der Waals surface area (Å²) in [5.41, 5.74) is 1.29. The van der Waals surface area contributed by atoms with Crippen LogP contribution in [0.1, 0.15) is 26.7 Å². The largest absolute Gasteiger partial charge is 0.338 e. The molecule has 21 heavy (non-hydrogen) atoms. The van der Waals surface area contributed by atoms with Gasteiger partial charge in [0.1, 0.15) is 0 Å². The lowest BCUT2D eigenvalue weighted by atomic mass is 9.97. The molecule has 1 aromatic carbocycles. The number of nitrogens with one attached hydrogen (secondary N) is 1. The van der Waals surface area contributed by atoms with E-state index in [2.05, 4.69) is 15.5 Å². The van der Waals surface area contributed by atoms with Crippen LogP contribution in [0.15, 0.2) is 28.8 Å². The molecule has 1 N–H and O–H groups in total. The van der Waals surface area contributed by atoms with E-state index in [0.29, 0.717) is 17.4 Å². The van der Waals surface area contributed by atoms with Crippen LogP contribution in [0.3, 0.4) is 0 Å². The summed E-state index contributed by atoms with van der Waals surface area (Å²) in [6.45, 7) is 6.04. The van der Waals surface area contributed by atoms with Crippen molar-refractivity contribution in [1.29, 1.82) is 0 Å². The summed E-state index contributed by atoms with van der Waals surface area (Å²) in [5.74, 6) is 1.10. The molecule has 0 fully saturated rings. The molecule has 0 aliphatic heterocycles. The first-order valence-corrected chi connectivity index (χ1v) is 6.70. The monoisotopic (exact) mass is 288 g/mol. The van der Waals surface area contributed by atoms with Crippen molar-refractivity contribution in [3.8, 4) is 11.4 Å². The van der Waals surface area contributed by atoms with E-state index in [4.69, 9.17) is 4.52 Å². The first kappa shape index (κ1) is 15.0. The number of carbonyl (C=O) groups excluding carboxylic acids is 1. The van der Waals surface area contributed by atoms with Gasteiger partial charge in [0.05, 0.1) is 0 Å². The Hall–Kier alpha value is -2.37. The Balaban J connectivity index is 2.25. The van der Waals surface area contributed by atoms with Crippen LogP contribution in [0.2, 0.25) is 0 Å². The molecule has 0 unspecified atom stereocenters. The number of aromatic nitrogens is 2. The lowest BCUT2D eigenvalue weighted by Crippen LogP contribution is -2.27. The van der Waals surface area contributed by atoms with Gasteiger partial charge in [0.15, 0.2) is 0 Å². The number of rotatable bonds is 2. The second-order valence-electron chi connectivity index (χ2n) is 6.08. The van der Waals surface area contributed by atoms with Crippen molar-refractivity contribution in [3.63, 3.8) is 0 Å². The van der Waals surface area contributed by atoms with Gasteiger partial charge in [-0.15, -0.1) is 0 Å². The third kappa shape index (κ3) is 3.59. The number of urea groups is 1. The first-order chi connectivity index (χ1) is 9.77. The fraction of sp³-hybridized carbons (Fsp3) is 0.400. The van der Waals surface area contributed by atoms with E-state index in [1.807, 2.05) is 45.0 Å². The highest BCUT2D eigenvalue weighted by Gasteiger charge is 2.22. The van der Waals surface area contributed by atoms with Crippen molar-refractivity contribution in [3.05, 3.63) is 30.2 Å². The van der Waals surface area contributed by atoms with Crippen molar-refractivity contribution in [1.82, 2.24) is 15.0 Å². The molecule has 6 nitrogen and oxygen atoms in total. The molecular formula is C15H20N4O2. The summed E-state index contributed by atoms with van der Waals surface area (Å²) in [6, 6.07) is 7.17. The van der Waals surface area contributed by atoms with Gasteiger partial charge in [-0.3, -0.25) is 0 Å². The first-order valence-electron chi connectivity index (χ1n) is 6.70. The Labute approximate surface area is 124 Å². The Morgan fingerprint density at radius 2 is 2.00 bits per heavy atom. The highest BCUT2D eigenvalue weighted by Crippen LogP contribution is 2.25. The number of hydrogen-bond donors (Lipinski definition) is 1. The molecule has 1 aromatic heterocycles. The predicted octanol–water partition coefficient (Wildman–Crippen LogP) is 3.13. The van der Waals surface area contributed by atoms with Crippen LogP contribution >= 0.6 is 0 Å². The molecule has 2 amide bonds. The van der Waals surface area contributed by atoms with Crippen molar-refractivity contribution < 1.29 is 9.32 Å². The molecule has 0 spiro atoms. The number of amides is 2. The summed E-state index contributed by atoms with van der Waals surface area (Å²) in [4.78, 5) is 17.5. The second-order valence-corrected chi connectivity index (χ2v) is 6.08. The zero-order valence-corrected chi connectivity index (χ0v) is 13.0. The predicted molar refractivity (Wildman–Crippen MR) is 81.1 cm³/mol. The van der Waals surface area contributed by atoms with Gasteiger partial charge in [-0.05, 0) is 12.1 Å². The van der Waals surface area contributed by atoms with E-state index in [-0.39, 0.29) is 11.4 Å². The zero-order valence-electron chi connectivity index (χ0n) is 13.0. The van der Waals surface area contributed by atoms with Crippen LogP contribution in [0.5, 0.6) is 0 Å². The highest BCUT2D eigenvalue weighted by atomic mass is 16.5. The maximum absolute atomic E-state index is 11.7. The van der Waals surface area contributed by atoms with Crippen molar-refractivity contribution in [2.24, 2.45) is 0 Å². The Bertz CT molecular complexity index is 641. The minimum atomic E-state index is -0.192. The molecule has 112 valence electrons. The number of carbonyl (C=O) groups is 1. The van der Waals surface area contributed by atoms with Crippen LogP contribution in [-0.4, -0.2) is 35.2 Å². The zero-order chi connectivity index (χ0) is 15.6. The smallest absolute Gasteiger partial charge is 0.321 e. The highest BCUT2D eigenvalue weighted by molar-refractivity contribution is 5.89. The van der Waals surface area contributed by atoms with Crippen molar-refractivity contribution >= 4 is 11.7 Å².